The summed E-state index contributed by atoms with van der Waals surface area (Å²) in [7, 11) is 0. The number of carboxylic acids is 1. The van der Waals surface area contributed by atoms with E-state index in [0.29, 0.717) is 12.8 Å². The molecule has 0 spiro atoms. The number of benzene rings is 1. The second kappa shape index (κ2) is 6.97. The Balaban J connectivity index is 0.00000144. The van der Waals surface area contributed by atoms with Gasteiger partial charge in [0, 0.05) is 12.4 Å². The van der Waals surface area contributed by atoms with Crippen LogP contribution in [-0.4, -0.2) is 18.2 Å². The molecular weight excluding hydrogens is 250 g/mol. The van der Waals surface area contributed by atoms with Gasteiger partial charge >= 0.3 is 51.4 Å². The van der Waals surface area contributed by atoms with E-state index in [0.717, 1.165) is 5.56 Å². The monoisotopic (exact) mass is 262 g/mol. The van der Waals surface area contributed by atoms with Gasteiger partial charge < -0.3 is 14.6 Å². The Labute approximate surface area is 142 Å². The summed E-state index contributed by atoms with van der Waals surface area (Å²) < 4.78 is 18.2. The third kappa shape index (κ3) is 5.15. The topological polar surface area (TPSA) is 52.7 Å². The molecule has 86 valence electrons. The van der Waals surface area contributed by atoms with Crippen LogP contribution in [0.2, 0.25) is 0 Å². The van der Waals surface area contributed by atoms with Crippen LogP contribution in [0.25, 0.3) is 0 Å². The van der Waals surface area contributed by atoms with Crippen molar-refractivity contribution in [3.63, 3.8) is 0 Å². The summed E-state index contributed by atoms with van der Waals surface area (Å²) in [4.78, 5) is 10.2. The van der Waals surface area contributed by atoms with E-state index in [1.807, 2.05) is 6.07 Å². The first-order valence-electron chi connectivity index (χ1n) is 5.25. The van der Waals surface area contributed by atoms with E-state index in [1.54, 1.807) is 6.07 Å². The minimum Gasteiger partial charge on any atom is -0.550 e. The number of rotatable bonds is 5. The molecule has 1 aliphatic rings. The fraction of sp³-hybridized carbons (Fsp3) is 0.417. The predicted octanol–water partition coefficient (Wildman–Crippen LogP) is -2.33. The molecule has 0 unspecified atom stereocenters. The number of hydrogen-bond donors (Lipinski definition) is 0. The second-order valence-electron chi connectivity index (χ2n) is 3.96. The smallest absolute Gasteiger partial charge is 0.550 e. The summed E-state index contributed by atoms with van der Waals surface area (Å²) in [5, 5.41) is 10.2. The van der Waals surface area contributed by atoms with Gasteiger partial charge in [0.1, 0.15) is 5.82 Å². The molecule has 17 heavy (non-hydrogen) atoms. The largest absolute Gasteiger partial charge is 1.00 e. The first-order chi connectivity index (χ1) is 7.65. The third-order valence-corrected chi connectivity index (χ3v) is 2.65. The number of halogens is 1. The maximum Gasteiger partial charge on any atom is 1.00 e. The van der Waals surface area contributed by atoms with Crippen LogP contribution in [0.5, 0.6) is 0 Å². The van der Waals surface area contributed by atoms with Gasteiger partial charge in [0.25, 0.3) is 0 Å². The average Bonchev–Trinajstić information content (AvgIpc) is 2.93. The van der Waals surface area contributed by atoms with Gasteiger partial charge in [-0.25, -0.2) is 4.39 Å². The zero-order valence-corrected chi connectivity index (χ0v) is 12.8. The molecule has 2 atom stereocenters. The van der Waals surface area contributed by atoms with Crippen molar-refractivity contribution in [3.05, 3.63) is 35.6 Å². The van der Waals surface area contributed by atoms with E-state index in [2.05, 4.69) is 0 Å². The van der Waals surface area contributed by atoms with Gasteiger partial charge in [0.2, 0.25) is 0 Å². The van der Waals surface area contributed by atoms with E-state index in [1.165, 1.54) is 12.1 Å². The van der Waals surface area contributed by atoms with Crippen LogP contribution in [0.1, 0.15) is 18.4 Å². The fourth-order valence-corrected chi connectivity index (χ4v) is 1.77. The first-order valence-corrected chi connectivity index (χ1v) is 5.25. The fourth-order valence-electron chi connectivity index (χ4n) is 1.77. The molecular formula is C12H12FKO3. The second-order valence-corrected chi connectivity index (χ2v) is 3.96. The standard InChI is InChI=1S/C12H13FO3.K/c13-9-3-1-2-8(6-9)7-11-10(16-11)4-5-12(14)15;/h1-3,6,10-11H,4-5,7H2,(H,14,15);/q;+1/p-1/t10-,11-;/m1./s1. The zero-order chi connectivity index (χ0) is 11.5. The van der Waals surface area contributed by atoms with Gasteiger partial charge in [-0.1, -0.05) is 12.1 Å². The zero-order valence-electron chi connectivity index (χ0n) is 9.69. The molecule has 1 aromatic rings. The quantitative estimate of drug-likeness (QED) is 0.442. The summed E-state index contributed by atoms with van der Waals surface area (Å²) in [5.41, 5.74) is 0.876. The van der Waals surface area contributed by atoms with E-state index in [-0.39, 0.29) is 75.8 Å². The van der Waals surface area contributed by atoms with Crippen LogP contribution in [0, 0.1) is 5.82 Å². The van der Waals surface area contributed by atoms with Crippen molar-refractivity contribution < 1.29 is 70.4 Å². The summed E-state index contributed by atoms with van der Waals surface area (Å²) in [5.74, 6) is -1.32. The number of hydrogen-bond acceptors (Lipinski definition) is 3. The minimum absolute atomic E-state index is 0. The molecule has 1 saturated heterocycles. The summed E-state index contributed by atoms with van der Waals surface area (Å²) >= 11 is 0. The molecule has 0 radical (unpaired) electrons. The molecule has 0 saturated carbocycles. The van der Waals surface area contributed by atoms with Gasteiger partial charge in [-0.15, -0.1) is 0 Å². The van der Waals surface area contributed by atoms with Gasteiger partial charge in [0.15, 0.2) is 0 Å². The number of aliphatic carboxylic acids is 1. The Hall–Kier alpha value is 0.216. The number of epoxide rings is 1. The Morgan fingerprint density at radius 1 is 1.41 bits per heavy atom. The molecule has 5 heteroatoms. The van der Waals surface area contributed by atoms with E-state index in [4.69, 9.17) is 4.74 Å². The predicted molar refractivity (Wildman–Crippen MR) is 53.0 cm³/mol. The average molecular weight is 262 g/mol. The Kier molecular flexibility index (Phi) is 6.26. The molecule has 0 N–H and O–H groups in total. The number of carbonyl (C=O) groups excluding carboxylic acids is 1. The molecule has 1 heterocycles. The van der Waals surface area contributed by atoms with Gasteiger partial charge in [-0.05, 0) is 30.5 Å². The Morgan fingerprint density at radius 2 is 2.18 bits per heavy atom. The van der Waals surface area contributed by atoms with Crippen LogP contribution in [-0.2, 0) is 16.0 Å². The third-order valence-electron chi connectivity index (χ3n) is 2.65. The number of carbonyl (C=O) groups is 1. The van der Waals surface area contributed by atoms with E-state index >= 15 is 0 Å². The molecule has 3 nitrogen and oxygen atoms in total. The molecule has 1 aliphatic heterocycles. The van der Waals surface area contributed by atoms with Crippen LogP contribution < -0.4 is 56.5 Å². The maximum absolute atomic E-state index is 12.9. The molecule has 2 rings (SSSR count). The molecule has 0 aromatic heterocycles. The van der Waals surface area contributed by atoms with Crippen molar-refractivity contribution in [2.45, 2.75) is 31.5 Å². The minimum atomic E-state index is -1.06. The van der Waals surface area contributed by atoms with Crippen molar-refractivity contribution in [1.29, 1.82) is 0 Å². The van der Waals surface area contributed by atoms with Crippen molar-refractivity contribution in [3.8, 4) is 0 Å². The molecule has 1 fully saturated rings. The van der Waals surface area contributed by atoms with Crippen LogP contribution in [0.4, 0.5) is 4.39 Å². The Bertz CT molecular complexity index is 397. The van der Waals surface area contributed by atoms with Crippen LogP contribution in [0.15, 0.2) is 24.3 Å². The number of carboxylic acid groups (broad SMARTS) is 1. The Morgan fingerprint density at radius 3 is 2.82 bits per heavy atom. The normalized spacial score (nSPS) is 21.7. The van der Waals surface area contributed by atoms with Gasteiger partial charge in [-0.3, -0.25) is 0 Å². The van der Waals surface area contributed by atoms with Crippen molar-refractivity contribution in [2.75, 3.05) is 0 Å². The molecule has 1 aromatic carbocycles. The summed E-state index contributed by atoms with van der Waals surface area (Å²) in [6.45, 7) is 0. The SMILES string of the molecule is O=C([O-])CC[C@H]1O[C@@H]1Cc1cccc(F)c1.[K+]. The van der Waals surface area contributed by atoms with Crippen molar-refractivity contribution >= 4 is 5.97 Å². The summed E-state index contributed by atoms with van der Waals surface area (Å²) in [6.07, 6.45) is 1.14. The first kappa shape index (κ1) is 15.3. The van der Waals surface area contributed by atoms with Crippen LogP contribution >= 0.6 is 0 Å². The maximum atomic E-state index is 12.9. The van der Waals surface area contributed by atoms with Gasteiger partial charge in [0.05, 0.1) is 12.2 Å². The van der Waals surface area contributed by atoms with E-state index < -0.39 is 5.97 Å². The van der Waals surface area contributed by atoms with E-state index in [9.17, 15) is 14.3 Å². The molecule has 0 bridgehead atoms. The van der Waals surface area contributed by atoms with Crippen LogP contribution in [0.3, 0.4) is 0 Å². The van der Waals surface area contributed by atoms with Crippen molar-refractivity contribution in [1.82, 2.24) is 0 Å². The molecule has 0 amide bonds. The summed E-state index contributed by atoms with van der Waals surface area (Å²) in [6, 6.07) is 6.35. The molecule has 0 aliphatic carbocycles. The van der Waals surface area contributed by atoms with Gasteiger partial charge in [-0.2, -0.15) is 0 Å². The van der Waals surface area contributed by atoms with Crippen molar-refractivity contribution in [2.24, 2.45) is 0 Å². The number of ether oxygens (including phenoxy) is 1.